The van der Waals surface area contributed by atoms with Crippen LogP contribution in [0.4, 0.5) is 10.5 Å². The average Bonchev–Trinajstić information content (AvgIpc) is 3.17. The van der Waals surface area contributed by atoms with E-state index in [-0.39, 0.29) is 6.03 Å². The number of urea groups is 1. The van der Waals surface area contributed by atoms with Crippen LogP contribution in [0.3, 0.4) is 0 Å². The highest BCUT2D eigenvalue weighted by molar-refractivity contribution is 5.91. The van der Waals surface area contributed by atoms with E-state index < -0.39 is 0 Å². The summed E-state index contributed by atoms with van der Waals surface area (Å²) in [5.74, 6) is 0.678. The van der Waals surface area contributed by atoms with Gasteiger partial charge in [0.15, 0.2) is 0 Å². The number of aromatic nitrogens is 2. The molecule has 5 heteroatoms. The molecule has 2 amide bonds. The Balaban J connectivity index is 1.59. The van der Waals surface area contributed by atoms with Crippen LogP contribution in [-0.2, 0) is 6.42 Å². The van der Waals surface area contributed by atoms with Crippen LogP contribution in [0.25, 0.3) is 5.69 Å². The summed E-state index contributed by atoms with van der Waals surface area (Å²) in [5, 5.41) is 10.6. The van der Waals surface area contributed by atoms with Gasteiger partial charge >= 0.3 is 6.03 Å². The van der Waals surface area contributed by atoms with Crippen molar-refractivity contribution >= 4 is 11.7 Å². The van der Waals surface area contributed by atoms with Crippen molar-refractivity contribution < 1.29 is 4.79 Å². The Bertz CT molecular complexity index is 918. The molecule has 0 saturated heterocycles. The summed E-state index contributed by atoms with van der Waals surface area (Å²) in [7, 11) is 0. The van der Waals surface area contributed by atoms with Crippen LogP contribution < -0.4 is 10.6 Å². The second-order valence-corrected chi connectivity index (χ2v) is 7.84. The van der Waals surface area contributed by atoms with E-state index in [1.54, 1.807) is 0 Å². The molecule has 0 unspecified atom stereocenters. The van der Waals surface area contributed by atoms with Crippen LogP contribution in [0.2, 0.25) is 0 Å². The van der Waals surface area contributed by atoms with Crippen molar-refractivity contribution in [2.75, 3.05) is 11.9 Å². The van der Waals surface area contributed by atoms with E-state index in [2.05, 4.69) is 61.6 Å². The van der Waals surface area contributed by atoms with Crippen LogP contribution in [-0.4, -0.2) is 22.4 Å². The van der Waals surface area contributed by atoms with Gasteiger partial charge in [-0.1, -0.05) is 64.1 Å². The molecule has 5 nitrogen and oxygen atoms in total. The standard InChI is InChI=1S/C24H30N4O/c1-17(2)21-11-8-12-22(18(3)4)23(21)26-24(29)25-15-13-19-14-16-28(27-19)20-9-6-5-7-10-20/h5-12,14,16-18H,13,15H2,1-4H3,(H2,25,26,29). The van der Waals surface area contributed by atoms with Gasteiger partial charge in [-0.2, -0.15) is 5.10 Å². The van der Waals surface area contributed by atoms with Crippen molar-refractivity contribution in [2.24, 2.45) is 0 Å². The van der Waals surface area contributed by atoms with Crippen molar-refractivity contribution in [3.8, 4) is 5.69 Å². The third-order valence-corrected chi connectivity index (χ3v) is 4.94. The fourth-order valence-corrected chi connectivity index (χ4v) is 3.38. The van der Waals surface area contributed by atoms with Crippen molar-refractivity contribution in [1.82, 2.24) is 15.1 Å². The third-order valence-electron chi connectivity index (χ3n) is 4.94. The molecule has 1 aromatic heterocycles. The lowest BCUT2D eigenvalue weighted by Crippen LogP contribution is -2.31. The smallest absolute Gasteiger partial charge is 0.319 e. The van der Waals surface area contributed by atoms with Crippen molar-refractivity contribution in [3.05, 3.63) is 77.6 Å². The molecule has 3 aromatic rings. The Morgan fingerprint density at radius 3 is 2.21 bits per heavy atom. The van der Waals surface area contributed by atoms with Gasteiger partial charge in [-0.05, 0) is 41.2 Å². The summed E-state index contributed by atoms with van der Waals surface area (Å²) in [4.78, 5) is 12.5. The van der Waals surface area contributed by atoms with E-state index in [0.29, 0.717) is 24.8 Å². The summed E-state index contributed by atoms with van der Waals surface area (Å²) in [6.07, 6.45) is 2.62. The highest BCUT2D eigenvalue weighted by Gasteiger charge is 2.15. The minimum absolute atomic E-state index is 0.178. The first-order chi connectivity index (χ1) is 14.0. The molecular weight excluding hydrogens is 360 g/mol. The topological polar surface area (TPSA) is 59.0 Å². The van der Waals surface area contributed by atoms with Crippen LogP contribution in [0.15, 0.2) is 60.8 Å². The van der Waals surface area contributed by atoms with Gasteiger partial charge in [0.2, 0.25) is 0 Å². The predicted octanol–water partition coefficient (Wildman–Crippen LogP) is 5.48. The molecule has 29 heavy (non-hydrogen) atoms. The maximum atomic E-state index is 12.5. The van der Waals surface area contributed by atoms with E-state index in [4.69, 9.17) is 0 Å². The molecule has 0 radical (unpaired) electrons. The van der Waals surface area contributed by atoms with Gasteiger partial charge in [0.1, 0.15) is 0 Å². The number of carbonyl (C=O) groups is 1. The third kappa shape index (κ3) is 5.25. The van der Waals surface area contributed by atoms with Crippen molar-refractivity contribution in [2.45, 2.75) is 46.0 Å². The number of hydrogen-bond donors (Lipinski definition) is 2. The molecule has 0 saturated carbocycles. The van der Waals surface area contributed by atoms with Crippen LogP contribution in [0.1, 0.15) is 56.4 Å². The Kier molecular flexibility index (Phi) is 6.70. The summed E-state index contributed by atoms with van der Waals surface area (Å²) < 4.78 is 1.85. The lowest BCUT2D eigenvalue weighted by molar-refractivity contribution is 0.252. The Hall–Kier alpha value is -3.08. The monoisotopic (exact) mass is 390 g/mol. The molecule has 152 valence electrons. The molecular formula is C24H30N4O. The Morgan fingerprint density at radius 2 is 1.59 bits per heavy atom. The summed E-state index contributed by atoms with van der Waals surface area (Å²) >= 11 is 0. The molecule has 0 spiro atoms. The molecule has 0 aliphatic heterocycles. The number of para-hydroxylation sites is 2. The minimum atomic E-state index is -0.178. The summed E-state index contributed by atoms with van der Waals surface area (Å²) in [5.41, 5.74) is 5.22. The number of amides is 2. The van der Waals surface area contributed by atoms with E-state index in [0.717, 1.165) is 28.2 Å². The van der Waals surface area contributed by atoms with Crippen molar-refractivity contribution in [1.29, 1.82) is 0 Å². The number of hydrogen-bond acceptors (Lipinski definition) is 2. The normalized spacial score (nSPS) is 11.1. The van der Waals surface area contributed by atoms with Gasteiger partial charge in [0.25, 0.3) is 0 Å². The first-order valence-electron chi connectivity index (χ1n) is 10.2. The number of rotatable bonds is 7. The molecule has 0 bridgehead atoms. The largest absolute Gasteiger partial charge is 0.337 e. The zero-order valence-electron chi connectivity index (χ0n) is 17.6. The number of nitrogens with zero attached hydrogens (tertiary/aromatic N) is 2. The lowest BCUT2D eigenvalue weighted by Gasteiger charge is -2.20. The predicted molar refractivity (Wildman–Crippen MR) is 119 cm³/mol. The van der Waals surface area contributed by atoms with E-state index >= 15 is 0 Å². The zero-order valence-corrected chi connectivity index (χ0v) is 17.6. The van der Waals surface area contributed by atoms with E-state index in [1.165, 1.54) is 0 Å². The van der Waals surface area contributed by atoms with Crippen LogP contribution in [0, 0.1) is 0 Å². The number of carbonyl (C=O) groups excluding carboxylic acids is 1. The molecule has 3 rings (SSSR count). The molecule has 0 aliphatic rings. The Labute approximate surface area is 173 Å². The molecule has 2 aromatic carbocycles. The first kappa shape index (κ1) is 20.6. The maximum absolute atomic E-state index is 12.5. The van der Waals surface area contributed by atoms with Gasteiger partial charge in [-0.15, -0.1) is 0 Å². The highest BCUT2D eigenvalue weighted by atomic mass is 16.2. The van der Waals surface area contributed by atoms with Crippen LogP contribution >= 0.6 is 0 Å². The molecule has 1 heterocycles. The zero-order chi connectivity index (χ0) is 20.8. The van der Waals surface area contributed by atoms with Gasteiger partial charge < -0.3 is 10.6 Å². The molecule has 0 atom stereocenters. The number of anilines is 1. The van der Waals surface area contributed by atoms with Gasteiger partial charge in [-0.25, -0.2) is 9.48 Å². The van der Waals surface area contributed by atoms with Gasteiger partial charge in [0.05, 0.1) is 11.4 Å². The summed E-state index contributed by atoms with van der Waals surface area (Å²) in [6.45, 7) is 9.10. The van der Waals surface area contributed by atoms with E-state index in [1.807, 2.05) is 47.3 Å². The SMILES string of the molecule is CC(C)c1cccc(C(C)C)c1NC(=O)NCCc1ccn(-c2ccccc2)n1. The summed E-state index contributed by atoms with van der Waals surface area (Å²) in [6, 6.07) is 18.0. The first-order valence-corrected chi connectivity index (χ1v) is 10.2. The van der Waals surface area contributed by atoms with Gasteiger partial charge in [0, 0.05) is 24.8 Å². The number of benzene rings is 2. The number of nitrogens with one attached hydrogen (secondary N) is 2. The fraction of sp³-hybridized carbons (Fsp3) is 0.333. The maximum Gasteiger partial charge on any atom is 0.319 e. The average molecular weight is 391 g/mol. The second kappa shape index (κ2) is 9.41. The van der Waals surface area contributed by atoms with Crippen molar-refractivity contribution in [3.63, 3.8) is 0 Å². The molecule has 0 fully saturated rings. The van der Waals surface area contributed by atoms with Crippen LogP contribution in [0.5, 0.6) is 0 Å². The minimum Gasteiger partial charge on any atom is -0.337 e. The Morgan fingerprint density at radius 1 is 0.931 bits per heavy atom. The van der Waals surface area contributed by atoms with E-state index in [9.17, 15) is 4.79 Å². The lowest BCUT2D eigenvalue weighted by atomic mass is 9.93. The molecule has 2 N–H and O–H groups in total. The highest BCUT2D eigenvalue weighted by Crippen LogP contribution is 2.32. The van der Waals surface area contributed by atoms with Gasteiger partial charge in [-0.3, -0.25) is 0 Å². The quantitative estimate of drug-likeness (QED) is 0.561. The second-order valence-electron chi connectivity index (χ2n) is 7.84. The molecule has 0 aliphatic carbocycles. The fourth-order valence-electron chi connectivity index (χ4n) is 3.38.